The molecule has 49 heavy (non-hydrogen) atoms. The summed E-state index contributed by atoms with van der Waals surface area (Å²) in [6.45, 7) is 5.48. The Morgan fingerprint density at radius 2 is 1.67 bits per heavy atom. The van der Waals surface area contributed by atoms with Crippen LogP contribution in [0.5, 0.6) is 5.75 Å². The maximum absolute atomic E-state index is 13.8. The molecule has 3 amide bonds. The number of hydrogen-bond donors (Lipinski definition) is 4. The number of aliphatic hydroxyl groups excluding tert-OH is 1. The summed E-state index contributed by atoms with van der Waals surface area (Å²) < 4.78 is 34.3. The molecule has 0 aromatic heterocycles. The van der Waals surface area contributed by atoms with Crippen LogP contribution in [0, 0.1) is 12.8 Å². The molecule has 12 nitrogen and oxygen atoms in total. The molecule has 3 aromatic rings. The maximum Gasteiger partial charge on any atom is 0.258 e. The number of hydrogen-bond acceptors (Lipinski definition) is 8. The Balaban J connectivity index is 1.40. The van der Waals surface area contributed by atoms with Gasteiger partial charge < -0.3 is 31.1 Å². The molecule has 0 radical (unpaired) electrons. The summed E-state index contributed by atoms with van der Waals surface area (Å²) in [5.41, 5.74) is 8.49. The van der Waals surface area contributed by atoms with Crippen molar-refractivity contribution in [2.24, 2.45) is 5.92 Å². The van der Waals surface area contributed by atoms with E-state index in [1.54, 1.807) is 78.6 Å². The molecule has 1 heterocycles. The van der Waals surface area contributed by atoms with Crippen LogP contribution in [0.15, 0.2) is 71.6 Å². The summed E-state index contributed by atoms with van der Waals surface area (Å²) in [5, 5.41) is 15.6. The molecule has 3 aromatic carbocycles. The molecule has 0 bridgehead atoms. The van der Waals surface area contributed by atoms with E-state index in [2.05, 4.69) is 10.6 Å². The fraction of sp³-hybridized carbons (Fsp3) is 0.417. The Kier molecular flexibility index (Phi) is 12.8. The van der Waals surface area contributed by atoms with E-state index in [4.69, 9.17) is 10.5 Å². The fourth-order valence-corrected chi connectivity index (χ4v) is 6.74. The van der Waals surface area contributed by atoms with Crippen molar-refractivity contribution >= 4 is 44.8 Å². The van der Waals surface area contributed by atoms with E-state index in [1.807, 2.05) is 13.8 Å². The SMILES string of the molecule is Cc1ccc(S(=O)(=O)N(C)C[C@H]2Oc3ccc(NC(=O)CCCCCC(=O)Nc4ccccc4N)cc3C(=O)N([C@@H](C)CO)C[C@H]2C)cc1. The van der Waals surface area contributed by atoms with Crippen LogP contribution in [0.1, 0.15) is 61.9 Å². The van der Waals surface area contributed by atoms with Crippen LogP contribution in [-0.2, 0) is 19.6 Å². The highest BCUT2D eigenvalue weighted by Gasteiger charge is 2.35. The number of nitrogens with zero attached hydrogens (tertiary/aromatic N) is 2. The number of fused-ring (bicyclic) bond motifs is 1. The quantitative estimate of drug-likeness (QED) is 0.140. The number of nitrogens with one attached hydrogen (secondary N) is 2. The van der Waals surface area contributed by atoms with Gasteiger partial charge in [0.15, 0.2) is 0 Å². The van der Waals surface area contributed by atoms with E-state index in [-0.39, 0.29) is 66.0 Å². The number of anilines is 3. The monoisotopic (exact) mass is 693 g/mol. The summed E-state index contributed by atoms with van der Waals surface area (Å²) in [4.78, 5) is 40.6. The van der Waals surface area contributed by atoms with Crippen molar-refractivity contribution in [1.82, 2.24) is 9.21 Å². The number of sulfonamides is 1. The molecule has 0 spiro atoms. The van der Waals surface area contributed by atoms with Gasteiger partial charge in [-0.2, -0.15) is 4.31 Å². The van der Waals surface area contributed by atoms with Crippen molar-refractivity contribution in [3.05, 3.63) is 77.9 Å². The number of amides is 3. The van der Waals surface area contributed by atoms with E-state index in [9.17, 15) is 27.9 Å². The van der Waals surface area contributed by atoms with Crippen LogP contribution in [0.25, 0.3) is 0 Å². The predicted octanol–water partition coefficient (Wildman–Crippen LogP) is 4.65. The normalized spacial score (nSPS) is 17.0. The Morgan fingerprint density at radius 1 is 1.02 bits per heavy atom. The zero-order valence-electron chi connectivity index (χ0n) is 28.5. The average molecular weight is 694 g/mol. The average Bonchev–Trinajstić information content (AvgIpc) is 3.07. The van der Waals surface area contributed by atoms with Crippen LogP contribution >= 0.6 is 0 Å². The largest absolute Gasteiger partial charge is 0.488 e. The number of ether oxygens (including phenoxy) is 1. The van der Waals surface area contributed by atoms with Crippen LogP contribution in [0.2, 0.25) is 0 Å². The number of unbranched alkanes of at least 4 members (excludes halogenated alkanes) is 2. The van der Waals surface area contributed by atoms with Gasteiger partial charge in [-0.3, -0.25) is 14.4 Å². The Labute approximate surface area is 288 Å². The van der Waals surface area contributed by atoms with Gasteiger partial charge in [0.05, 0.1) is 41.0 Å². The Hall–Kier alpha value is -4.46. The summed E-state index contributed by atoms with van der Waals surface area (Å²) in [6.07, 6.45) is 1.75. The van der Waals surface area contributed by atoms with Crippen LogP contribution < -0.4 is 21.1 Å². The van der Waals surface area contributed by atoms with Gasteiger partial charge in [-0.1, -0.05) is 43.2 Å². The zero-order chi connectivity index (χ0) is 35.7. The molecular formula is C36H47N5O7S. The van der Waals surface area contributed by atoms with Crippen molar-refractivity contribution in [2.45, 2.75) is 69.9 Å². The van der Waals surface area contributed by atoms with Crippen molar-refractivity contribution < 1.29 is 32.6 Å². The molecule has 5 N–H and O–H groups in total. The van der Waals surface area contributed by atoms with E-state index < -0.39 is 22.2 Å². The van der Waals surface area contributed by atoms with Crippen molar-refractivity contribution in [3.63, 3.8) is 0 Å². The van der Waals surface area contributed by atoms with Gasteiger partial charge in [0.1, 0.15) is 11.9 Å². The smallest absolute Gasteiger partial charge is 0.258 e. The number of nitrogen functional groups attached to an aromatic ring is 1. The summed E-state index contributed by atoms with van der Waals surface area (Å²) in [6, 6.07) is 17.9. The van der Waals surface area contributed by atoms with Gasteiger partial charge in [0.2, 0.25) is 21.8 Å². The van der Waals surface area contributed by atoms with Crippen molar-refractivity contribution in [3.8, 4) is 5.75 Å². The van der Waals surface area contributed by atoms with E-state index in [0.29, 0.717) is 42.7 Å². The Morgan fingerprint density at radius 3 is 2.33 bits per heavy atom. The molecule has 1 aliphatic heterocycles. The van der Waals surface area contributed by atoms with E-state index >= 15 is 0 Å². The van der Waals surface area contributed by atoms with Gasteiger partial charge in [0.25, 0.3) is 5.91 Å². The standard InChI is InChI=1S/C36H47N5O7S/c1-24-14-17-28(18-15-24)49(46,47)40(4)22-33-25(2)21-41(26(3)23-42)36(45)29-20-27(16-19-32(29)48-33)38-34(43)12-6-5-7-13-35(44)39-31-11-9-8-10-30(31)37/h8-11,14-20,25-26,33,42H,5-7,12-13,21-23,37H2,1-4H3,(H,38,43)(H,39,44)/t25-,26+,33-/m1/s1. The second-order valence-electron chi connectivity index (χ2n) is 12.7. The molecule has 0 saturated heterocycles. The lowest BCUT2D eigenvalue weighted by atomic mass is 9.99. The highest BCUT2D eigenvalue weighted by Crippen LogP contribution is 2.31. The van der Waals surface area contributed by atoms with Crippen LogP contribution in [0.4, 0.5) is 17.1 Å². The van der Waals surface area contributed by atoms with Crippen LogP contribution in [-0.4, -0.2) is 79.3 Å². The number of carbonyl (C=O) groups is 3. The first-order chi connectivity index (χ1) is 23.3. The van der Waals surface area contributed by atoms with Crippen LogP contribution in [0.3, 0.4) is 0 Å². The number of benzene rings is 3. The zero-order valence-corrected chi connectivity index (χ0v) is 29.3. The molecular weight excluding hydrogens is 646 g/mol. The lowest BCUT2D eigenvalue weighted by molar-refractivity contribution is -0.116. The number of likely N-dealkylation sites (N-methyl/N-ethyl adjacent to an activating group) is 1. The number of aliphatic hydroxyl groups is 1. The highest BCUT2D eigenvalue weighted by molar-refractivity contribution is 7.89. The second kappa shape index (κ2) is 16.8. The topological polar surface area (TPSA) is 171 Å². The number of rotatable bonds is 14. The summed E-state index contributed by atoms with van der Waals surface area (Å²) >= 11 is 0. The van der Waals surface area contributed by atoms with E-state index in [0.717, 1.165) is 5.56 Å². The minimum absolute atomic E-state index is 0.0206. The third kappa shape index (κ3) is 9.80. The summed E-state index contributed by atoms with van der Waals surface area (Å²) in [7, 11) is -2.31. The third-order valence-electron chi connectivity index (χ3n) is 8.66. The van der Waals surface area contributed by atoms with Crippen molar-refractivity contribution in [1.29, 1.82) is 0 Å². The van der Waals surface area contributed by atoms with Gasteiger partial charge >= 0.3 is 0 Å². The molecule has 4 rings (SSSR count). The van der Waals surface area contributed by atoms with Gasteiger partial charge in [0, 0.05) is 38.0 Å². The molecule has 0 fully saturated rings. The van der Waals surface area contributed by atoms with Crippen molar-refractivity contribution in [2.75, 3.05) is 43.1 Å². The molecule has 1 aliphatic rings. The molecule has 0 unspecified atom stereocenters. The van der Waals surface area contributed by atoms with Gasteiger partial charge in [-0.05, 0) is 69.2 Å². The third-order valence-corrected chi connectivity index (χ3v) is 10.5. The molecule has 3 atom stereocenters. The number of aryl methyl sites for hydroxylation is 1. The molecule has 13 heteroatoms. The number of para-hydroxylation sites is 2. The van der Waals surface area contributed by atoms with Gasteiger partial charge in [-0.25, -0.2) is 8.42 Å². The van der Waals surface area contributed by atoms with Gasteiger partial charge in [-0.15, -0.1) is 0 Å². The fourth-order valence-electron chi connectivity index (χ4n) is 5.55. The Bertz CT molecular complexity index is 1730. The molecule has 0 aliphatic carbocycles. The minimum Gasteiger partial charge on any atom is -0.488 e. The first-order valence-electron chi connectivity index (χ1n) is 16.5. The lowest BCUT2D eigenvalue weighted by Crippen LogP contribution is -2.50. The highest BCUT2D eigenvalue weighted by atomic mass is 32.2. The first kappa shape index (κ1) is 37.4. The predicted molar refractivity (Wildman–Crippen MR) is 190 cm³/mol. The van der Waals surface area contributed by atoms with E-state index in [1.165, 1.54) is 11.4 Å². The maximum atomic E-state index is 13.8. The number of nitrogens with two attached hydrogens (primary N) is 1. The first-order valence-corrected chi connectivity index (χ1v) is 17.9. The number of carbonyl (C=O) groups excluding carboxylic acids is 3. The molecule has 264 valence electrons. The summed E-state index contributed by atoms with van der Waals surface area (Å²) in [5.74, 6) is -0.782. The lowest BCUT2D eigenvalue weighted by Gasteiger charge is -2.38. The molecule has 0 saturated carbocycles. The second-order valence-corrected chi connectivity index (χ2v) is 14.7. The minimum atomic E-state index is -3.81.